The van der Waals surface area contributed by atoms with Crippen LogP contribution in [0.5, 0.6) is 11.6 Å². The minimum atomic E-state index is 0.408. The Balaban J connectivity index is 1.91. The van der Waals surface area contributed by atoms with E-state index < -0.39 is 0 Å². The fourth-order valence-corrected chi connectivity index (χ4v) is 2.41. The number of aromatic nitrogens is 1. The molecule has 3 rings (SSSR count). The molecule has 20 heavy (non-hydrogen) atoms. The van der Waals surface area contributed by atoms with Crippen molar-refractivity contribution in [2.75, 3.05) is 12.4 Å². The maximum absolute atomic E-state index is 9.23. The molecule has 1 aliphatic carbocycles. The van der Waals surface area contributed by atoms with Gasteiger partial charge >= 0.3 is 0 Å². The number of benzene rings is 1. The Labute approximate surface area is 118 Å². The summed E-state index contributed by atoms with van der Waals surface area (Å²) >= 11 is 0. The first-order valence-electron chi connectivity index (χ1n) is 6.68. The third kappa shape index (κ3) is 2.30. The molecule has 0 unspecified atom stereocenters. The van der Waals surface area contributed by atoms with Crippen LogP contribution in [0, 0.1) is 11.3 Å². The van der Waals surface area contributed by atoms with Crippen LogP contribution in [0.25, 0.3) is 0 Å². The molecule has 2 aromatic rings. The summed E-state index contributed by atoms with van der Waals surface area (Å²) in [5.41, 5.74) is 3.76. The summed E-state index contributed by atoms with van der Waals surface area (Å²) in [7, 11) is 1.87. The fraction of sp³-hybridized carbons (Fsp3) is 0.250. The van der Waals surface area contributed by atoms with E-state index in [4.69, 9.17) is 4.74 Å². The Kier molecular flexibility index (Phi) is 3.26. The molecule has 0 amide bonds. The summed E-state index contributed by atoms with van der Waals surface area (Å²) < 4.78 is 5.76. The van der Waals surface area contributed by atoms with Crippen LogP contribution in [-0.4, -0.2) is 12.0 Å². The molecule has 4 heteroatoms. The third-order valence-corrected chi connectivity index (χ3v) is 3.49. The lowest BCUT2D eigenvalue weighted by atomic mass is 10.1. The van der Waals surface area contributed by atoms with E-state index >= 15 is 0 Å². The molecular weight excluding hydrogens is 250 g/mol. The zero-order valence-electron chi connectivity index (χ0n) is 11.3. The predicted molar refractivity (Wildman–Crippen MR) is 77.0 cm³/mol. The molecule has 1 aliphatic rings. The number of anilines is 1. The van der Waals surface area contributed by atoms with Gasteiger partial charge in [-0.15, -0.1) is 0 Å². The Morgan fingerprint density at radius 2 is 2.05 bits per heavy atom. The van der Waals surface area contributed by atoms with E-state index in [0.717, 1.165) is 30.6 Å². The maximum atomic E-state index is 9.23. The number of nitrogens with zero attached hydrogens (tertiary/aromatic N) is 2. The van der Waals surface area contributed by atoms with Gasteiger partial charge in [0.1, 0.15) is 17.4 Å². The van der Waals surface area contributed by atoms with Crippen molar-refractivity contribution in [3.8, 4) is 17.7 Å². The molecule has 4 nitrogen and oxygen atoms in total. The summed E-state index contributed by atoms with van der Waals surface area (Å²) in [5.74, 6) is 1.09. The van der Waals surface area contributed by atoms with Crippen LogP contribution in [0.4, 0.5) is 5.69 Å². The van der Waals surface area contributed by atoms with Crippen LogP contribution in [0.1, 0.15) is 23.2 Å². The van der Waals surface area contributed by atoms with E-state index in [1.54, 1.807) is 0 Å². The Hall–Kier alpha value is -2.54. The lowest BCUT2D eigenvalue weighted by molar-refractivity contribution is 0.459. The van der Waals surface area contributed by atoms with Crippen molar-refractivity contribution in [3.05, 3.63) is 47.2 Å². The van der Waals surface area contributed by atoms with Gasteiger partial charge < -0.3 is 10.1 Å². The molecule has 0 spiro atoms. The van der Waals surface area contributed by atoms with Crippen LogP contribution in [-0.2, 0) is 12.8 Å². The monoisotopic (exact) mass is 265 g/mol. The van der Waals surface area contributed by atoms with E-state index in [2.05, 4.69) is 16.4 Å². The summed E-state index contributed by atoms with van der Waals surface area (Å²) in [6, 6.07) is 11.7. The standard InChI is InChI=1S/C16H15N3O/c1-18-13-5-7-14(8-6-13)20-16-12(10-17)9-11-3-2-4-15(11)19-16/h5-9,18H,2-4H2,1H3. The average Bonchev–Trinajstić information content (AvgIpc) is 2.94. The zero-order chi connectivity index (χ0) is 13.9. The van der Waals surface area contributed by atoms with Crippen LogP contribution in [0.15, 0.2) is 30.3 Å². The minimum absolute atomic E-state index is 0.408. The van der Waals surface area contributed by atoms with Crippen molar-refractivity contribution in [3.63, 3.8) is 0 Å². The van der Waals surface area contributed by atoms with E-state index in [9.17, 15) is 5.26 Å². The number of nitriles is 1. The van der Waals surface area contributed by atoms with Gasteiger partial charge in [0.15, 0.2) is 0 Å². The van der Waals surface area contributed by atoms with Crippen LogP contribution >= 0.6 is 0 Å². The van der Waals surface area contributed by atoms with Gasteiger partial charge in [-0.2, -0.15) is 5.26 Å². The van der Waals surface area contributed by atoms with Gasteiger partial charge in [0.2, 0.25) is 5.88 Å². The highest BCUT2D eigenvalue weighted by molar-refractivity contribution is 5.49. The Morgan fingerprint density at radius 1 is 1.25 bits per heavy atom. The second-order valence-electron chi connectivity index (χ2n) is 4.79. The molecule has 0 fully saturated rings. The summed E-state index contributed by atoms with van der Waals surface area (Å²) in [6.07, 6.45) is 3.08. The molecule has 1 N–H and O–H groups in total. The number of fused-ring (bicyclic) bond motifs is 1. The molecule has 0 atom stereocenters. The molecule has 1 aromatic heterocycles. The van der Waals surface area contributed by atoms with E-state index in [1.165, 1.54) is 5.56 Å². The molecule has 1 aromatic carbocycles. The van der Waals surface area contributed by atoms with Crippen LogP contribution < -0.4 is 10.1 Å². The fourth-order valence-electron chi connectivity index (χ4n) is 2.41. The smallest absolute Gasteiger partial charge is 0.237 e. The first kappa shape index (κ1) is 12.5. The zero-order valence-corrected chi connectivity index (χ0v) is 11.3. The molecular formula is C16H15N3O. The normalized spacial score (nSPS) is 12.6. The molecule has 0 aliphatic heterocycles. The number of ether oxygens (including phenoxy) is 1. The van der Waals surface area contributed by atoms with Gasteiger partial charge in [-0.25, -0.2) is 4.98 Å². The Bertz CT molecular complexity index is 671. The number of hydrogen-bond acceptors (Lipinski definition) is 4. The number of pyridine rings is 1. The van der Waals surface area contributed by atoms with Gasteiger partial charge in [0, 0.05) is 18.4 Å². The molecule has 0 saturated carbocycles. The maximum Gasteiger partial charge on any atom is 0.237 e. The second-order valence-corrected chi connectivity index (χ2v) is 4.79. The lowest BCUT2D eigenvalue weighted by Gasteiger charge is -2.09. The Morgan fingerprint density at radius 3 is 2.75 bits per heavy atom. The quantitative estimate of drug-likeness (QED) is 0.925. The van der Waals surface area contributed by atoms with Crippen molar-refractivity contribution < 1.29 is 4.74 Å². The lowest BCUT2D eigenvalue weighted by Crippen LogP contribution is -1.97. The van der Waals surface area contributed by atoms with Gasteiger partial charge in [-0.1, -0.05) is 0 Å². The van der Waals surface area contributed by atoms with Gasteiger partial charge in [0.05, 0.1) is 0 Å². The molecule has 0 radical (unpaired) electrons. The van der Waals surface area contributed by atoms with E-state index in [-0.39, 0.29) is 0 Å². The minimum Gasteiger partial charge on any atom is -0.438 e. The largest absolute Gasteiger partial charge is 0.438 e. The topological polar surface area (TPSA) is 57.9 Å². The molecule has 0 saturated heterocycles. The number of aryl methyl sites for hydroxylation is 2. The molecule has 100 valence electrons. The first-order valence-corrected chi connectivity index (χ1v) is 6.68. The SMILES string of the molecule is CNc1ccc(Oc2nc3c(cc2C#N)CCC3)cc1. The predicted octanol–water partition coefficient (Wildman–Crippen LogP) is 3.28. The van der Waals surface area contributed by atoms with Crippen molar-refractivity contribution in [2.24, 2.45) is 0 Å². The number of rotatable bonds is 3. The number of hydrogen-bond donors (Lipinski definition) is 1. The van der Waals surface area contributed by atoms with Gasteiger partial charge in [-0.3, -0.25) is 0 Å². The summed E-state index contributed by atoms with van der Waals surface area (Å²) in [5, 5.41) is 12.3. The summed E-state index contributed by atoms with van der Waals surface area (Å²) in [4.78, 5) is 4.50. The van der Waals surface area contributed by atoms with E-state index in [0.29, 0.717) is 17.2 Å². The van der Waals surface area contributed by atoms with Crippen molar-refractivity contribution in [2.45, 2.75) is 19.3 Å². The number of nitrogens with one attached hydrogen (secondary N) is 1. The summed E-state index contributed by atoms with van der Waals surface area (Å²) in [6.45, 7) is 0. The van der Waals surface area contributed by atoms with Gasteiger partial charge in [-0.05, 0) is 55.2 Å². The molecule has 1 heterocycles. The van der Waals surface area contributed by atoms with E-state index in [1.807, 2.05) is 37.4 Å². The highest BCUT2D eigenvalue weighted by Gasteiger charge is 2.17. The second kappa shape index (κ2) is 5.22. The molecule has 0 bridgehead atoms. The highest BCUT2D eigenvalue weighted by atomic mass is 16.5. The van der Waals surface area contributed by atoms with Crippen molar-refractivity contribution in [1.82, 2.24) is 4.98 Å². The highest BCUT2D eigenvalue weighted by Crippen LogP contribution is 2.29. The van der Waals surface area contributed by atoms with Gasteiger partial charge in [0.25, 0.3) is 0 Å². The van der Waals surface area contributed by atoms with Crippen molar-refractivity contribution in [1.29, 1.82) is 5.26 Å². The average molecular weight is 265 g/mol. The first-order chi connectivity index (χ1) is 9.80. The van der Waals surface area contributed by atoms with Crippen LogP contribution in [0.3, 0.4) is 0 Å². The third-order valence-electron chi connectivity index (χ3n) is 3.49. The van der Waals surface area contributed by atoms with Crippen molar-refractivity contribution >= 4 is 5.69 Å². The van der Waals surface area contributed by atoms with Crippen LogP contribution in [0.2, 0.25) is 0 Å².